The van der Waals surface area contributed by atoms with Crippen molar-refractivity contribution in [2.75, 3.05) is 0 Å². The summed E-state index contributed by atoms with van der Waals surface area (Å²) in [7, 11) is -3.37. The van der Waals surface area contributed by atoms with Gasteiger partial charge in [-0.15, -0.1) is 22.7 Å². The van der Waals surface area contributed by atoms with E-state index in [4.69, 9.17) is 20.4 Å². The monoisotopic (exact) mass is 718 g/mol. The van der Waals surface area contributed by atoms with Crippen molar-refractivity contribution in [2.24, 2.45) is 0 Å². The number of oxazole rings is 1. The van der Waals surface area contributed by atoms with Crippen LogP contribution in [0.25, 0.3) is 21.0 Å². The van der Waals surface area contributed by atoms with Crippen LogP contribution in [0.2, 0.25) is 9.37 Å². The molecule has 0 spiro atoms. The lowest BCUT2D eigenvalue weighted by molar-refractivity contribution is -0.144. The van der Waals surface area contributed by atoms with E-state index >= 15 is 0 Å². The number of hydrogen-bond acceptors (Lipinski definition) is 9. The molecule has 6 aromatic rings. The van der Waals surface area contributed by atoms with Crippen LogP contribution >= 0.6 is 34.3 Å². The molecule has 0 saturated carbocycles. The number of halogens is 1. The molecule has 0 saturated heterocycles. The van der Waals surface area contributed by atoms with Crippen LogP contribution in [0.15, 0.2) is 92.6 Å². The highest BCUT2D eigenvalue weighted by atomic mass is 35.5. The Kier molecular flexibility index (Phi) is 8.96. The van der Waals surface area contributed by atoms with Gasteiger partial charge in [0, 0.05) is 13.0 Å². The van der Waals surface area contributed by atoms with Crippen LogP contribution in [-0.4, -0.2) is 33.4 Å². The Balaban J connectivity index is 1.55. The van der Waals surface area contributed by atoms with Gasteiger partial charge in [-0.2, -0.15) is 0 Å². The number of hydrogen-bond donors (Lipinski definition) is 0. The molecule has 0 amide bonds. The highest BCUT2D eigenvalue weighted by Crippen LogP contribution is 2.39. The smallest absolute Gasteiger partial charge is 0.333 e. The van der Waals surface area contributed by atoms with E-state index in [0.717, 1.165) is 14.9 Å². The molecule has 48 heavy (non-hydrogen) atoms. The second kappa shape index (κ2) is 12.7. The van der Waals surface area contributed by atoms with Crippen LogP contribution in [0, 0.1) is 6.92 Å². The Bertz CT molecular complexity index is 2180. The summed E-state index contributed by atoms with van der Waals surface area (Å²) in [5, 5.41) is 1.59. The molecule has 4 aromatic heterocycles. The highest BCUT2D eigenvalue weighted by Gasteiger charge is 2.55. The van der Waals surface area contributed by atoms with E-state index in [1.54, 1.807) is 26.3 Å². The van der Waals surface area contributed by atoms with E-state index in [2.05, 4.69) is 30.7 Å². The summed E-state index contributed by atoms with van der Waals surface area (Å²) in [5.74, 6) is -0.336. The molecular weight excluding hydrogens is 684 g/mol. The van der Waals surface area contributed by atoms with E-state index in [-0.39, 0.29) is 6.54 Å². The van der Waals surface area contributed by atoms with Crippen molar-refractivity contribution < 1.29 is 13.6 Å². The first kappa shape index (κ1) is 33.8. The van der Waals surface area contributed by atoms with E-state index in [1.165, 1.54) is 39.7 Å². The second-order valence-electron chi connectivity index (χ2n) is 13.1. The maximum absolute atomic E-state index is 14.7. The van der Waals surface area contributed by atoms with Gasteiger partial charge in [-0.05, 0) is 41.7 Å². The largest absolute Gasteiger partial charge is 0.508 e. The van der Waals surface area contributed by atoms with Gasteiger partial charge in [0.2, 0.25) is 5.89 Å². The van der Waals surface area contributed by atoms with Crippen LogP contribution in [0.3, 0.4) is 0 Å². The lowest BCUT2D eigenvalue weighted by Crippen LogP contribution is -2.69. The zero-order valence-corrected chi connectivity index (χ0v) is 30.8. The van der Waals surface area contributed by atoms with Gasteiger partial charge in [0.15, 0.2) is 0 Å². The maximum atomic E-state index is 14.7. The number of thiophene rings is 1. The molecule has 0 aliphatic carbocycles. The molecule has 0 bridgehead atoms. The molecule has 0 fully saturated rings. The fraction of sp³-hybridized carbons (Fsp3) is 0.286. The Hall–Kier alpha value is -4.10. The number of aryl methyl sites for hydroxylation is 3. The quantitative estimate of drug-likeness (QED) is 0.160. The molecule has 0 aliphatic rings. The summed E-state index contributed by atoms with van der Waals surface area (Å²) >= 11 is 8.92. The van der Waals surface area contributed by atoms with Gasteiger partial charge in [-0.25, -0.2) is 19.3 Å². The molecule has 0 atom stereocenters. The van der Waals surface area contributed by atoms with Gasteiger partial charge < -0.3 is 8.84 Å². The fourth-order valence-electron chi connectivity index (χ4n) is 6.22. The second-order valence-corrected chi connectivity index (χ2v) is 19.8. The van der Waals surface area contributed by atoms with Crippen LogP contribution < -0.4 is 21.6 Å². The summed E-state index contributed by atoms with van der Waals surface area (Å²) in [4.78, 5) is 53.6. The van der Waals surface area contributed by atoms with Gasteiger partial charge in [0.1, 0.15) is 21.0 Å². The van der Waals surface area contributed by atoms with Gasteiger partial charge in [0.05, 0.1) is 27.7 Å². The number of thiazole rings is 1. The van der Waals surface area contributed by atoms with Crippen LogP contribution in [0.1, 0.15) is 45.9 Å². The lowest BCUT2D eigenvalue weighted by Gasteiger charge is -2.43. The third kappa shape index (κ3) is 5.60. The van der Waals surface area contributed by atoms with E-state index < -0.39 is 36.1 Å². The zero-order valence-electron chi connectivity index (χ0n) is 27.4. The van der Waals surface area contributed by atoms with E-state index in [9.17, 15) is 14.4 Å². The van der Waals surface area contributed by atoms with Gasteiger partial charge in [0.25, 0.3) is 5.56 Å². The molecule has 13 heteroatoms. The fourth-order valence-corrected chi connectivity index (χ4v) is 12.8. The van der Waals surface area contributed by atoms with Crippen LogP contribution in [0.5, 0.6) is 0 Å². The molecule has 2 aromatic carbocycles. The van der Waals surface area contributed by atoms with Crippen molar-refractivity contribution in [2.45, 2.75) is 65.1 Å². The first-order chi connectivity index (χ1) is 22.8. The predicted octanol–water partition coefficient (Wildman–Crippen LogP) is 6.38. The standard InChI is InChI=1S/C35H35ClN4O5S2Si/c1-22-26-30(41)40(33(43)39(19-17-25-28(36)46-21-38-25)31(26)47-27(22)29-37-18-20-44-29)35(5,6)32(42)45-48(34(2,3)4,23-13-9-7-10-14-23)24-15-11-8-12-16-24/h7-16,18,20-21H,17,19H2,1-6H3. The maximum Gasteiger partial charge on any atom is 0.333 e. The van der Waals surface area contributed by atoms with E-state index in [0.29, 0.717) is 43.0 Å². The number of nitrogens with zero attached hydrogens (tertiary/aromatic N) is 4. The van der Waals surface area contributed by atoms with Crippen molar-refractivity contribution in [3.8, 4) is 10.8 Å². The lowest BCUT2D eigenvalue weighted by atomic mass is 10.1. The number of carbonyl (C=O) groups is 1. The number of benzene rings is 2. The van der Waals surface area contributed by atoms with Gasteiger partial charge in [-0.3, -0.25) is 14.2 Å². The third-order valence-electron chi connectivity index (χ3n) is 8.72. The summed E-state index contributed by atoms with van der Waals surface area (Å²) < 4.78 is 15.5. The number of aromatic nitrogens is 4. The molecule has 248 valence electrons. The van der Waals surface area contributed by atoms with Crippen molar-refractivity contribution in [3.63, 3.8) is 0 Å². The van der Waals surface area contributed by atoms with Gasteiger partial charge in [-0.1, -0.05) is 93.0 Å². The third-order valence-corrected chi connectivity index (χ3v) is 16.1. The average Bonchev–Trinajstić information content (AvgIpc) is 3.80. The van der Waals surface area contributed by atoms with Crippen LogP contribution in [-0.2, 0) is 27.7 Å². The Morgan fingerprint density at radius 3 is 2.12 bits per heavy atom. The van der Waals surface area contributed by atoms with Crippen molar-refractivity contribution in [1.29, 1.82) is 0 Å². The summed E-state index contributed by atoms with van der Waals surface area (Å²) in [5.41, 5.74) is -0.0276. The molecule has 0 unspecified atom stereocenters. The molecule has 9 nitrogen and oxygen atoms in total. The molecule has 0 radical (unpaired) electrons. The first-order valence-electron chi connectivity index (χ1n) is 15.4. The van der Waals surface area contributed by atoms with Gasteiger partial charge >= 0.3 is 20.0 Å². The molecule has 6 rings (SSSR count). The summed E-state index contributed by atoms with van der Waals surface area (Å²) in [6, 6.07) is 19.5. The normalized spacial score (nSPS) is 12.5. The SMILES string of the molecule is Cc1c(-c2ncco2)sc2c1c(=O)n(C(C)(C)C(=O)O[Si](c1ccccc1)(c1ccccc1)C(C)(C)C)c(=O)n2CCc1ncsc1Cl. The molecule has 0 aliphatic heterocycles. The molecular formula is C35H35ClN4O5S2Si. The Morgan fingerprint density at radius 2 is 1.60 bits per heavy atom. The number of carbonyl (C=O) groups excluding carboxylic acids is 1. The summed E-state index contributed by atoms with van der Waals surface area (Å²) in [6.07, 6.45) is 3.32. The molecule has 0 N–H and O–H groups in total. The number of rotatable bonds is 9. The van der Waals surface area contributed by atoms with Crippen LogP contribution in [0.4, 0.5) is 0 Å². The minimum Gasteiger partial charge on any atom is -0.508 e. The predicted molar refractivity (Wildman–Crippen MR) is 194 cm³/mol. The average molecular weight is 719 g/mol. The Morgan fingerprint density at radius 1 is 0.979 bits per heavy atom. The highest BCUT2D eigenvalue weighted by molar-refractivity contribution is 7.22. The first-order valence-corrected chi connectivity index (χ1v) is 19.4. The zero-order chi connectivity index (χ0) is 34.4. The molecule has 4 heterocycles. The summed E-state index contributed by atoms with van der Waals surface area (Å²) in [6.45, 7) is 11.3. The van der Waals surface area contributed by atoms with E-state index in [1.807, 2.05) is 60.7 Å². The topological polar surface area (TPSA) is 109 Å². The minimum absolute atomic E-state index is 0.171. The minimum atomic E-state index is -3.37. The number of fused-ring (bicyclic) bond motifs is 1. The van der Waals surface area contributed by atoms with Crippen molar-refractivity contribution >= 4 is 69.2 Å². The van der Waals surface area contributed by atoms with Crippen molar-refractivity contribution in [1.82, 2.24) is 19.1 Å². The van der Waals surface area contributed by atoms with Crippen molar-refractivity contribution in [3.05, 3.63) is 115 Å². The Labute approximate surface area is 291 Å².